The van der Waals surface area contributed by atoms with E-state index in [0.29, 0.717) is 0 Å². The third-order valence-electron chi connectivity index (χ3n) is 7.35. The molecule has 4 aromatic heterocycles. The van der Waals surface area contributed by atoms with Crippen LogP contribution >= 0.6 is 27.2 Å². The van der Waals surface area contributed by atoms with Gasteiger partial charge < -0.3 is 35.2 Å². The Bertz CT molecular complexity index is 1940. The third-order valence-corrected chi connectivity index (χ3v) is 9.62. The van der Waals surface area contributed by atoms with Gasteiger partial charge in [-0.2, -0.15) is 4.98 Å². The van der Waals surface area contributed by atoms with E-state index in [1.165, 1.54) is 23.2 Å². The van der Waals surface area contributed by atoms with Gasteiger partial charge in [-0.1, -0.05) is 11.6 Å². The first kappa shape index (κ1) is 30.8. The summed E-state index contributed by atoms with van der Waals surface area (Å²) in [6.45, 7) is -1.64. The molecule has 0 radical (unpaired) electrons. The first-order valence-electron chi connectivity index (χ1n) is 13.0. The minimum Gasteiger partial charge on any atom is -0.387 e. The standard InChI is InChI=1S/C21H23ClN8O13P2/c22-7-1-2-24-16-10(7)25-5-29(16)19-13(32)14-9(41-19)4-39-45(36,37)43-15-12(31)8(3-38-44(34,35)42-14)40-20(15)30-6-26-11-17(30)27-21(23)28-18(11)33/h1-2,5-6,8-9,12-15,19-20,31-32H,3-4H2,(H,34,35)(H,36,37)(H3,23,27,28,33)/t8-,9-,12-,13-,14-,15-,19-,20-/m1/s1. The summed E-state index contributed by atoms with van der Waals surface area (Å²) in [6, 6.07) is 1.50. The van der Waals surface area contributed by atoms with Crippen LogP contribution in [0.1, 0.15) is 12.5 Å². The molecule has 242 valence electrons. The van der Waals surface area contributed by atoms with Gasteiger partial charge in [-0.15, -0.1) is 0 Å². The van der Waals surface area contributed by atoms with E-state index in [9.17, 15) is 33.9 Å². The molecule has 21 nitrogen and oxygen atoms in total. The number of aliphatic hydroxyl groups excluding tert-OH is 2. The van der Waals surface area contributed by atoms with Crippen LogP contribution in [-0.2, 0) is 36.7 Å². The first-order valence-corrected chi connectivity index (χ1v) is 16.4. The maximum Gasteiger partial charge on any atom is 0.472 e. The van der Waals surface area contributed by atoms with E-state index in [0.717, 1.165) is 10.9 Å². The zero-order valence-electron chi connectivity index (χ0n) is 22.3. The SMILES string of the molecule is Nc1nc2c(ncn2[C@@H]2O[C@@H]3COP(=O)(O)O[C@H]4[C@@H](O)[C@H](n5cnc6c(Cl)ccnc65)O[C@@H]4COP(=O)(O)O[C@@H]2[C@@H]3O)c(=O)[nH]1. The summed E-state index contributed by atoms with van der Waals surface area (Å²) in [5, 5.41) is 22.4. The van der Waals surface area contributed by atoms with E-state index in [-0.39, 0.29) is 33.3 Å². The Labute approximate surface area is 254 Å². The highest BCUT2D eigenvalue weighted by atomic mass is 35.5. The van der Waals surface area contributed by atoms with Crippen molar-refractivity contribution in [3.05, 3.63) is 40.3 Å². The Kier molecular flexibility index (Phi) is 7.61. The molecular weight excluding hydrogens is 670 g/mol. The van der Waals surface area contributed by atoms with Gasteiger partial charge in [-0.25, -0.2) is 24.1 Å². The number of rotatable bonds is 2. The molecule has 0 aromatic carbocycles. The molecule has 0 saturated carbocycles. The number of ether oxygens (including phenoxy) is 2. The van der Waals surface area contributed by atoms with Crippen molar-refractivity contribution in [3.63, 3.8) is 0 Å². The number of aliphatic hydroxyl groups is 2. The van der Waals surface area contributed by atoms with E-state index in [1.807, 2.05) is 0 Å². The van der Waals surface area contributed by atoms with Crippen molar-refractivity contribution in [3.8, 4) is 0 Å². The highest BCUT2D eigenvalue weighted by Crippen LogP contribution is 2.53. The minimum absolute atomic E-state index is 0.125. The Hall–Kier alpha value is -2.88. The van der Waals surface area contributed by atoms with Crippen LogP contribution in [-0.4, -0.2) is 104 Å². The quantitative estimate of drug-likeness (QED) is 0.142. The summed E-state index contributed by atoms with van der Waals surface area (Å²) in [5.41, 5.74) is 5.13. The number of nitrogen functional groups attached to an aromatic ring is 1. The van der Waals surface area contributed by atoms with Crippen molar-refractivity contribution in [1.82, 2.24) is 34.1 Å². The number of hydrogen-bond donors (Lipinski definition) is 6. The van der Waals surface area contributed by atoms with E-state index >= 15 is 0 Å². The van der Waals surface area contributed by atoms with E-state index in [1.54, 1.807) is 0 Å². The maximum atomic E-state index is 13.2. The fourth-order valence-electron chi connectivity index (χ4n) is 5.33. The summed E-state index contributed by atoms with van der Waals surface area (Å²) in [6.07, 6.45) is -8.84. The van der Waals surface area contributed by atoms with Gasteiger partial charge in [0.2, 0.25) is 5.95 Å². The van der Waals surface area contributed by atoms with Gasteiger partial charge in [0.25, 0.3) is 5.56 Å². The number of H-pyrrole nitrogens is 1. The lowest BCUT2D eigenvalue weighted by molar-refractivity contribution is -0.0672. The number of nitrogens with zero attached hydrogens (tertiary/aromatic N) is 6. The number of aromatic amines is 1. The monoisotopic (exact) mass is 692 g/mol. The van der Waals surface area contributed by atoms with Crippen molar-refractivity contribution in [2.45, 2.75) is 49.1 Å². The molecule has 0 spiro atoms. The molecule has 7 heterocycles. The van der Waals surface area contributed by atoms with Crippen molar-refractivity contribution in [2.75, 3.05) is 18.9 Å². The molecular formula is C21H23ClN8O13P2. The van der Waals surface area contributed by atoms with E-state index in [2.05, 4.69) is 24.9 Å². The normalized spacial score (nSPS) is 37.7. The summed E-state index contributed by atoms with van der Waals surface area (Å²) in [7, 11) is -10.2. The molecule has 45 heavy (non-hydrogen) atoms. The summed E-state index contributed by atoms with van der Waals surface area (Å²) >= 11 is 6.17. The van der Waals surface area contributed by atoms with Crippen LogP contribution in [0.3, 0.4) is 0 Å². The second-order valence-corrected chi connectivity index (χ2v) is 13.4. The number of imidazole rings is 2. The molecule has 3 fully saturated rings. The fraction of sp³-hybridized carbons (Fsp3) is 0.476. The second kappa shape index (κ2) is 11.1. The van der Waals surface area contributed by atoms with Gasteiger partial charge in [0, 0.05) is 6.20 Å². The van der Waals surface area contributed by atoms with E-state index in [4.69, 9.17) is 44.9 Å². The molecule has 24 heteroatoms. The zero-order valence-corrected chi connectivity index (χ0v) is 24.9. The number of phosphoric acid groups is 2. The average Bonchev–Trinajstić information content (AvgIpc) is 3.72. The van der Waals surface area contributed by atoms with E-state index < -0.39 is 83.5 Å². The number of anilines is 1. The van der Waals surface area contributed by atoms with Crippen LogP contribution in [0.4, 0.5) is 5.95 Å². The van der Waals surface area contributed by atoms with Gasteiger partial charge in [-0.3, -0.25) is 37.0 Å². The van der Waals surface area contributed by atoms with Crippen molar-refractivity contribution < 1.29 is 56.7 Å². The Morgan fingerprint density at radius 1 is 0.889 bits per heavy atom. The number of hydrogen-bond acceptors (Lipinski definition) is 16. The average molecular weight is 693 g/mol. The fourth-order valence-corrected chi connectivity index (χ4v) is 7.42. The van der Waals surface area contributed by atoms with Gasteiger partial charge >= 0.3 is 15.6 Å². The Morgan fingerprint density at radius 2 is 1.51 bits per heavy atom. The Morgan fingerprint density at radius 3 is 2.24 bits per heavy atom. The molecule has 0 amide bonds. The molecule has 10 atom stereocenters. The van der Waals surface area contributed by atoms with Gasteiger partial charge in [0.1, 0.15) is 42.1 Å². The highest BCUT2D eigenvalue weighted by molar-refractivity contribution is 7.47. The number of fused-ring (bicyclic) bond motifs is 5. The molecule has 3 saturated heterocycles. The van der Waals surface area contributed by atoms with Crippen LogP contribution in [0.5, 0.6) is 0 Å². The van der Waals surface area contributed by atoms with Crippen LogP contribution in [0.25, 0.3) is 22.3 Å². The predicted molar refractivity (Wildman–Crippen MR) is 146 cm³/mol. The van der Waals surface area contributed by atoms with Crippen molar-refractivity contribution in [1.29, 1.82) is 0 Å². The number of nitrogens with two attached hydrogens (primary N) is 1. The molecule has 7 N–H and O–H groups in total. The number of halogens is 1. The molecule has 3 aliphatic rings. The lowest BCUT2D eigenvalue weighted by Crippen LogP contribution is -2.36. The highest BCUT2D eigenvalue weighted by Gasteiger charge is 2.54. The smallest absolute Gasteiger partial charge is 0.387 e. The maximum absolute atomic E-state index is 13.2. The van der Waals surface area contributed by atoms with Crippen LogP contribution < -0.4 is 11.3 Å². The molecule has 2 bridgehead atoms. The predicted octanol–water partition coefficient (Wildman–Crippen LogP) is -0.665. The lowest BCUT2D eigenvalue weighted by atomic mass is 10.1. The summed E-state index contributed by atoms with van der Waals surface area (Å²) in [4.78, 5) is 52.1. The van der Waals surface area contributed by atoms with Gasteiger partial charge in [-0.05, 0) is 6.07 Å². The van der Waals surface area contributed by atoms with Gasteiger partial charge in [0.05, 0.1) is 30.9 Å². The summed E-state index contributed by atoms with van der Waals surface area (Å²) < 4.78 is 61.1. The molecule has 0 aliphatic carbocycles. The molecule has 4 aromatic rings. The van der Waals surface area contributed by atoms with Crippen LogP contribution in [0.15, 0.2) is 29.7 Å². The molecule has 2 unspecified atom stereocenters. The number of pyridine rings is 1. The Balaban J connectivity index is 1.21. The second-order valence-electron chi connectivity index (χ2n) is 10.2. The minimum atomic E-state index is -5.11. The zero-order chi connectivity index (χ0) is 31.8. The van der Waals surface area contributed by atoms with Crippen molar-refractivity contribution >= 4 is 55.5 Å². The lowest BCUT2D eigenvalue weighted by Gasteiger charge is -2.25. The van der Waals surface area contributed by atoms with Crippen LogP contribution in [0.2, 0.25) is 5.02 Å². The summed E-state index contributed by atoms with van der Waals surface area (Å²) in [5.74, 6) is -0.281. The van der Waals surface area contributed by atoms with Crippen molar-refractivity contribution in [2.24, 2.45) is 0 Å². The van der Waals surface area contributed by atoms with Crippen LogP contribution in [0, 0.1) is 0 Å². The topological polar surface area (TPSA) is 291 Å². The largest absolute Gasteiger partial charge is 0.472 e. The molecule has 3 aliphatic heterocycles. The number of aromatic nitrogens is 7. The molecule has 7 rings (SSSR count). The number of phosphoric ester groups is 2. The van der Waals surface area contributed by atoms with Gasteiger partial charge in [0.15, 0.2) is 29.3 Å². The third kappa shape index (κ3) is 5.48. The number of nitrogens with one attached hydrogen (secondary N) is 1. The first-order chi connectivity index (χ1) is 21.3.